The first-order valence-electron chi connectivity index (χ1n) is 8.68. The highest BCUT2D eigenvalue weighted by molar-refractivity contribution is 9.10. The number of benzene rings is 1. The summed E-state index contributed by atoms with van der Waals surface area (Å²) >= 11 is 3.43. The van der Waals surface area contributed by atoms with Gasteiger partial charge in [-0.3, -0.25) is 4.90 Å². The van der Waals surface area contributed by atoms with E-state index in [9.17, 15) is 13.6 Å². The molecule has 1 aliphatic rings. The third-order valence-electron chi connectivity index (χ3n) is 3.86. The molecule has 1 atom stereocenters. The molecular formula is C20H26BrF2NO3. The van der Waals surface area contributed by atoms with E-state index in [2.05, 4.69) is 34.2 Å². The van der Waals surface area contributed by atoms with E-state index in [0.717, 1.165) is 39.3 Å². The lowest BCUT2D eigenvalue weighted by atomic mass is 10.1. The number of alkyl halides is 2. The Bertz CT molecular complexity index is 692. The molecule has 0 saturated carbocycles. The van der Waals surface area contributed by atoms with E-state index in [1.165, 1.54) is 0 Å². The lowest BCUT2D eigenvalue weighted by molar-refractivity contribution is 0.0700. The summed E-state index contributed by atoms with van der Waals surface area (Å²) in [4.78, 5) is 12.0. The molecule has 1 aromatic carbocycles. The fourth-order valence-corrected chi connectivity index (χ4v) is 2.69. The highest BCUT2D eigenvalue weighted by Gasteiger charge is 2.39. The molecule has 0 N–H and O–H groups in total. The minimum atomic E-state index is -2.57. The van der Waals surface area contributed by atoms with Gasteiger partial charge in [-0.15, -0.1) is 0 Å². The van der Waals surface area contributed by atoms with E-state index in [1.807, 2.05) is 25.1 Å². The minimum Gasteiger partial charge on any atom is -0.493 e. The molecule has 1 heterocycles. The van der Waals surface area contributed by atoms with Gasteiger partial charge in [0.05, 0.1) is 6.61 Å². The molecule has 27 heavy (non-hydrogen) atoms. The first-order valence-corrected chi connectivity index (χ1v) is 9.47. The Hall–Kier alpha value is -1.89. The van der Waals surface area contributed by atoms with Crippen LogP contribution in [-0.4, -0.2) is 36.7 Å². The molecule has 4 nitrogen and oxygen atoms in total. The van der Waals surface area contributed by atoms with Crippen LogP contribution in [0.4, 0.5) is 13.6 Å². The average molecular weight is 446 g/mol. The average Bonchev–Trinajstić information content (AvgIpc) is 3.01. The molecule has 1 saturated heterocycles. The number of halogens is 3. The van der Waals surface area contributed by atoms with Gasteiger partial charge >= 0.3 is 6.09 Å². The van der Waals surface area contributed by atoms with Crippen LogP contribution in [0.5, 0.6) is 5.75 Å². The number of amides is 1. The van der Waals surface area contributed by atoms with Crippen molar-refractivity contribution < 1.29 is 23.0 Å². The van der Waals surface area contributed by atoms with E-state index < -0.39 is 18.6 Å². The summed E-state index contributed by atoms with van der Waals surface area (Å²) in [6.45, 7) is 11.8. The predicted octanol–water partition coefficient (Wildman–Crippen LogP) is 6.27. The molecule has 1 aliphatic heterocycles. The first kappa shape index (κ1) is 23.1. The van der Waals surface area contributed by atoms with Crippen LogP contribution >= 0.6 is 15.9 Å². The number of rotatable bonds is 6. The van der Waals surface area contributed by atoms with E-state index in [4.69, 9.17) is 4.74 Å². The van der Waals surface area contributed by atoms with Crippen LogP contribution in [0.2, 0.25) is 0 Å². The quantitative estimate of drug-likeness (QED) is 0.517. The Balaban J connectivity index is 0.000000271. The van der Waals surface area contributed by atoms with Crippen molar-refractivity contribution in [3.63, 3.8) is 0 Å². The maximum absolute atomic E-state index is 12.4. The highest BCUT2D eigenvalue weighted by Crippen LogP contribution is 2.28. The topological polar surface area (TPSA) is 38.8 Å². The molecule has 0 bridgehead atoms. The Morgan fingerprint density at radius 3 is 2.67 bits per heavy atom. The lowest BCUT2D eigenvalue weighted by Crippen LogP contribution is -2.37. The summed E-state index contributed by atoms with van der Waals surface area (Å²) in [5.74, 6) is 0.911. The number of hydrogen-bond donors (Lipinski definition) is 0. The van der Waals surface area contributed by atoms with Gasteiger partial charge in [0.1, 0.15) is 18.4 Å². The van der Waals surface area contributed by atoms with E-state index in [1.54, 1.807) is 19.9 Å². The Morgan fingerprint density at radius 2 is 2.15 bits per heavy atom. The van der Waals surface area contributed by atoms with Gasteiger partial charge in [0.25, 0.3) is 6.43 Å². The van der Waals surface area contributed by atoms with Gasteiger partial charge in [-0.1, -0.05) is 35.5 Å². The molecule has 1 amide bonds. The highest BCUT2D eigenvalue weighted by atomic mass is 79.9. The van der Waals surface area contributed by atoms with Gasteiger partial charge in [-0.2, -0.15) is 0 Å². The molecule has 2 rings (SSSR count). The van der Waals surface area contributed by atoms with Crippen molar-refractivity contribution in [1.82, 2.24) is 4.90 Å². The van der Waals surface area contributed by atoms with Crippen LogP contribution in [0.15, 0.2) is 41.0 Å². The fourth-order valence-electron chi connectivity index (χ4n) is 2.35. The Labute approximate surface area is 168 Å². The van der Waals surface area contributed by atoms with Crippen molar-refractivity contribution in [2.75, 3.05) is 13.2 Å². The van der Waals surface area contributed by atoms with Gasteiger partial charge in [0.15, 0.2) is 0 Å². The third kappa shape index (κ3) is 6.65. The van der Waals surface area contributed by atoms with Crippen molar-refractivity contribution in [3.05, 3.63) is 46.6 Å². The monoisotopic (exact) mass is 445 g/mol. The Kier molecular flexibility index (Phi) is 9.49. The molecule has 0 aromatic heterocycles. The SMILES string of the molecule is C/C=C(\C)N1C(=O)OCC1C(F)F.C=C(C)c1ccc(Br)cc1OCCC. The molecule has 1 aromatic rings. The second-order valence-corrected chi connectivity index (χ2v) is 6.96. The Morgan fingerprint density at radius 1 is 1.48 bits per heavy atom. The van der Waals surface area contributed by atoms with E-state index in [-0.39, 0.29) is 6.61 Å². The summed E-state index contributed by atoms with van der Waals surface area (Å²) in [5, 5.41) is 0. The van der Waals surface area contributed by atoms with Crippen LogP contribution in [0.3, 0.4) is 0 Å². The number of ether oxygens (including phenoxy) is 2. The number of carbonyl (C=O) groups is 1. The zero-order valence-electron chi connectivity index (χ0n) is 16.1. The van der Waals surface area contributed by atoms with Gasteiger partial charge < -0.3 is 9.47 Å². The van der Waals surface area contributed by atoms with Crippen molar-refractivity contribution in [1.29, 1.82) is 0 Å². The fraction of sp³-hybridized carbons (Fsp3) is 0.450. The molecule has 0 spiro atoms. The summed E-state index contributed by atoms with van der Waals surface area (Å²) in [6, 6.07) is 4.88. The molecule has 1 unspecified atom stereocenters. The second kappa shape index (κ2) is 11.1. The number of hydrogen-bond acceptors (Lipinski definition) is 3. The molecule has 0 radical (unpaired) electrons. The maximum Gasteiger partial charge on any atom is 0.414 e. The zero-order chi connectivity index (χ0) is 20.6. The van der Waals surface area contributed by atoms with Crippen LogP contribution in [0.1, 0.15) is 39.7 Å². The number of cyclic esters (lactones) is 1. The number of allylic oxidation sites excluding steroid dienone is 3. The van der Waals surface area contributed by atoms with Crippen LogP contribution in [0.25, 0.3) is 5.57 Å². The maximum atomic E-state index is 12.4. The van der Waals surface area contributed by atoms with Crippen LogP contribution in [-0.2, 0) is 4.74 Å². The van der Waals surface area contributed by atoms with Gasteiger partial charge in [0, 0.05) is 15.7 Å². The number of nitrogens with zero attached hydrogens (tertiary/aromatic N) is 1. The van der Waals surface area contributed by atoms with Gasteiger partial charge in [-0.05, 0) is 51.0 Å². The van der Waals surface area contributed by atoms with Gasteiger partial charge in [0.2, 0.25) is 0 Å². The largest absolute Gasteiger partial charge is 0.493 e. The van der Waals surface area contributed by atoms with Crippen LogP contribution in [0, 0.1) is 0 Å². The minimum absolute atomic E-state index is 0.234. The standard InChI is InChI=1S/C12H15BrO.C8H11F2NO2/c1-4-7-14-12-8-10(13)5-6-11(12)9(2)3;1-3-5(2)11-6(7(9)10)4-13-8(11)12/h5-6,8H,2,4,7H2,1,3H3;3,6-7H,4H2,1-2H3/b;5-3+. The normalized spacial score (nSPS) is 16.7. The van der Waals surface area contributed by atoms with E-state index in [0.29, 0.717) is 5.70 Å². The predicted molar refractivity (Wildman–Crippen MR) is 107 cm³/mol. The van der Waals surface area contributed by atoms with Crippen molar-refractivity contribution in [3.8, 4) is 5.75 Å². The zero-order valence-corrected chi connectivity index (χ0v) is 17.7. The second-order valence-electron chi connectivity index (χ2n) is 6.05. The third-order valence-corrected chi connectivity index (χ3v) is 4.35. The van der Waals surface area contributed by atoms with E-state index >= 15 is 0 Å². The van der Waals surface area contributed by atoms with Crippen molar-refractivity contribution in [2.45, 2.75) is 46.6 Å². The summed E-state index contributed by atoms with van der Waals surface area (Å²) in [6.07, 6.45) is -0.647. The first-order chi connectivity index (χ1) is 12.7. The molecular weight excluding hydrogens is 420 g/mol. The summed E-state index contributed by atoms with van der Waals surface area (Å²) in [7, 11) is 0. The molecule has 0 aliphatic carbocycles. The lowest BCUT2D eigenvalue weighted by Gasteiger charge is -2.20. The summed E-state index contributed by atoms with van der Waals surface area (Å²) in [5.41, 5.74) is 2.61. The molecule has 7 heteroatoms. The van der Waals surface area contributed by atoms with Crippen LogP contribution < -0.4 is 4.74 Å². The smallest absolute Gasteiger partial charge is 0.414 e. The van der Waals surface area contributed by atoms with Crippen molar-refractivity contribution >= 4 is 27.6 Å². The van der Waals surface area contributed by atoms with Crippen molar-refractivity contribution in [2.24, 2.45) is 0 Å². The molecule has 150 valence electrons. The number of carbonyl (C=O) groups excluding carboxylic acids is 1. The van der Waals surface area contributed by atoms with Gasteiger partial charge in [-0.25, -0.2) is 13.6 Å². The summed E-state index contributed by atoms with van der Waals surface area (Å²) < 4.78 is 35.9. The molecule has 1 fully saturated rings.